The van der Waals surface area contributed by atoms with Crippen molar-refractivity contribution in [1.82, 2.24) is 9.99 Å². The molecule has 2 rings (SSSR count). The number of hydrogen-bond donors (Lipinski definition) is 2. The summed E-state index contributed by atoms with van der Waals surface area (Å²) >= 11 is 6.07. The summed E-state index contributed by atoms with van der Waals surface area (Å²) in [5.41, 5.74) is 3.93. The van der Waals surface area contributed by atoms with Crippen LogP contribution in [0.5, 0.6) is 0 Å². The number of rotatable bonds is 6. The number of carbonyl (C=O) groups is 3. The highest BCUT2D eigenvalue weighted by atomic mass is 35.5. The van der Waals surface area contributed by atoms with Gasteiger partial charge in [0, 0.05) is 17.7 Å². The fourth-order valence-electron chi connectivity index (χ4n) is 2.12. The van der Waals surface area contributed by atoms with E-state index in [9.17, 15) is 14.4 Å². The van der Waals surface area contributed by atoms with Crippen molar-refractivity contribution < 1.29 is 14.4 Å². The van der Waals surface area contributed by atoms with Crippen LogP contribution >= 0.6 is 11.6 Å². The predicted molar refractivity (Wildman–Crippen MR) is 91.7 cm³/mol. The van der Waals surface area contributed by atoms with Gasteiger partial charge in [-0.3, -0.25) is 24.5 Å². The standard InChI is InChI=1S/C17H18ClN3O3/c1-3-15(22)19-10-16(23)20-21-11(2)8-9-14(21)17(24)12-6-4-5-7-13(12)18/h4-9H,3,10H2,1-2H3,(H,19,22)(H,20,23). The van der Waals surface area contributed by atoms with Gasteiger partial charge in [0.05, 0.1) is 11.6 Å². The quantitative estimate of drug-likeness (QED) is 0.787. The normalized spacial score (nSPS) is 10.3. The maximum atomic E-state index is 12.7. The zero-order valence-corrected chi connectivity index (χ0v) is 14.2. The maximum absolute atomic E-state index is 12.7. The highest BCUT2D eigenvalue weighted by Gasteiger charge is 2.19. The van der Waals surface area contributed by atoms with Crippen molar-refractivity contribution in [2.75, 3.05) is 12.0 Å². The number of hydrogen-bond acceptors (Lipinski definition) is 3. The number of benzene rings is 1. The van der Waals surface area contributed by atoms with Crippen molar-refractivity contribution >= 4 is 29.2 Å². The van der Waals surface area contributed by atoms with Crippen LogP contribution in [0.3, 0.4) is 0 Å². The van der Waals surface area contributed by atoms with Gasteiger partial charge in [-0.15, -0.1) is 0 Å². The van der Waals surface area contributed by atoms with Crippen LogP contribution < -0.4 is 10.7 Å². The van der Waals surface area contributed by atoms with Gasteiger partial charge >= 0.3 is 0 Å². The Bertz CT molecular complexity index is 783. The van der Waals surface area contributed by atoms with E-state index in [4.69, 9.17) is 11.6 Å². The number of carbonyl (C=O) groups excluding carboxylic acids is 3. The number of aromatic nitrogens is 1. The molecule has 2 amide bonds. The van der Waals surface area contributed by atoms with E-state index in [-0.39, 0.29) is 23.9 Å². The first-order valence-electron chi connectivity index (χ1n) is 7.48. The second-order valence-electron chi connectivity index (χ2n) is 5.17. The van der Waals surface area contributed by atoms with Crippen LogP contribution in [0.15, 0.2) is 36.4 Å². The van der Waals surface area contributed by atoms with Gasteiger partial charge in [-0.1, -0.05) is 30.7 Å². The average Bonchev–Trinajstić information content (AvgIpc) is 2.93. The molecule has 0 radical (unpaired) electrons. The van der Waals surface area contributed by atoms with Gasteiger partial charge in [-0.05, 0) is 31.2 Å². The van der Waals surface area contributed by atoms with Gasteiger partial charge in [0.15, 0.2) is 0 Å². The van der Waals surface area contributed by atoms with Gasteiger partial charge in [-0.2, -0.15) is 0 Å². The SMILES string of the molecule is CCC(=O)NCC(=O)Nn1c(C)ccc1C(=O)c1ccccc1Cl. The molecular formula is C17H18ClN3O3. The van der Waals surface area contributed by atoms with E-state index < -0.39 is 5.91 Å². The smallest absolute Gasteiger partial charge is 0.258 e. The number of nitrogens with one attached hydrogen (secondary N) is 2. The minimum atomic E-state index is -0.427. The van der Waals surface area contributed by atoms with Crippen LogP contribution in [0.25, 0.3) is 0 Å². The highest BCUT2D eigenvalue weighted by molar-refractivity contribution is 6.34. The Morgan fingerprint density at radius 1 is 1.08 bits per heavy atom. The third-order valence-electron chi connectivity index (χ3n) is 3.43. The molecule has 0 aliphatic heterocycles. The van der Waals surface area contributed by atoms with Crippen molar-refractivity contribution in [3.8, 4) is 0 Å². The van der Waals surface area contributed by atoms with Crippen LogP contribution in [0.2, 0.25) is 5.02 Å². The zero-order chi connectivity index (χ0) is 17.7. The van der Waals surface area contributed by atoms with E-state index in [1.807, 2.05) is 0 Å². The number of aryl methyl sites for hydroxylation is 1. The molecule has 24 heavy (non-hydrogen) atoms. The van der Waals surface area contributed by atoms with Gasteiger partial charge in [0.25, 0.3) is 5.91 Å². The minimum Gasteiger partial charge on any atom is -0.347 e. The molecule has 1 heterocycles. The first-order chi connectivity index (χ1) is 11.4. The summed E-state index contributed by atoms with van der Waals surface area (Å²) in [7, 11) is 0. The van der Waals surface area contributed by atoms with Crippen LogP contribution in [0, 0.1) is 6.92 Å². The third kappa shape index (κ3) is 4.02. The maximum Gasteiger partial charge on any atom is 0.258 e. The molecule has 0 unspecified atom stereocenters. The van der Waals surface area contributed by atoms with Crippen LogP contribution in [-0.4, -0.2) is 28.8 Å². The number of ketones is 1. The second-order valence-corrected chi connectivity index (χ2v) is 5.58. The Balaban J connectivity index is 2.19. The summed E-state index contributed by atoms with van der Waals surface area (Å²) in [6.45, 7) is 3.29. The largest absolute Gasteiger partial charge is 0.347 e. The molecule has 0 aliphatic rings. The molecule has 1 aromatic heterocycles. The van der Waals surface area contributed by atoms with E-state index in [1.165, 1.54) is 4.68 Å². The molecule has 0 fully saturated rings. The van der Waals surface area contributed by atoms with Crippen molar-refractivity contribution in [2.24, 2.45) is 0 Å². The van der Waals surface area contributed by atoms with Gasteiger partial charge in [0.2, 0.25) is 11.7 Å². The number of nitrogens with zero attached hydrogens (tertiary/aromatic N) is 1. The minimum absolute atomic E-state index is 0.163. The monoisotopic (exact) mass is 347 g/mol. The Morgan fingerprint density at radius 3 is 2.46 bits per heavy atom. The topological polar surface area (TPSA) is 80.2 Å². The molecule has 0 saturated heterocycles. The molecule has 6 nitrogen and oxygen atoms in total. The molecule has 0 saturated carbocycles. The van der Waals surface area contributed by atoms with E-state index in [0.717, 1.165) is 0 Å². The highest BCUT2D eigenvalue weighted by Crippen LogP contribution is 2.20. The Morgan fingerprint density at radius 2 is 1.79 bits per heavy atom. The molecule has 0 atom stereocenters. The summed E-state index contributed by atoms with van der Waals surface area (Å²) in [5, 5.41) is 2.83. The van der Waals surface area contributed by atoms with Gasteiger partial charge in [-0.25, -0.2) is 0 Å². The predicted octanol–water partition coefficient (Wildman–Crippen LogP) is 2.28. The lowest BCUT2D eigenvalue weighted by molar-refractivity contribution is -0.124. The van der Waals surface area contributed by atoms with E-state index in [0.29, 0.717) is 22.7 Å². The van der Waals surface area contributed by atoms with Crippen LogP contribution in [0.1, 0.15) is 35.1 Å². The molecule has 126 valence electrons. The van der Waals surface area contributed by atoms with E-state index in [1.54, 1.807) is 50.2 Å². The summed E-state index contributed by atoms with van der Waals surface area (Å²) < 4.78 is 1.39. The molecule has 7 heteroatoms. The fourth-order valence-corrected chi connectivity index (χ4v) is 2.34. The summed E-state index contributed by atoms with van der Waals surface area (Å²) in [6.07, 6.45) is 0.298. The van der Waals surface area contributed by atoms with Crippen molar-refractivity contribution in [3.05, 3.63) is 58.4 Å². The van der Waals surface area contributed by atoms with Crippen molar-refractivity contribution in [1.29, 1.82) is 0 Å². The average molecular weight is 348 g/mol. The molecular weight excluding hydrogens is 330 g/mol. The summed E-state index contributed by atoms with van der Waals surface area (Å²) in [4.78, 5) is 35.9. The van der Waals surface area contributed by atoms with E-state index in [2.05, 4.69) is 10.7 Å². The molecule has 2 N–H and O–H groups in total. The van der Waals surface area contributed by atoms with Crippen molar-refractivity contribution in [3.63, 3.8) is 0 Å². The fraction of sp³-hybridized carbons (Fsp3) is 0.235. The second kappa shape index (κ2) is 7.79. The van der Waals surface area contributed by atoms with Gasteiger partial charge in [0.1, 0.15) is 5.69 Å². The molecule has 0 bridgehead atoms. The molecule has 0 aliphatic carbocycles. The van der Waals surface area contributed by atoms with E-state index >= 15 is 0 Å². The van der Waals surface area contributed by atoms with Crippen LogP contribution in [0.4, 0.5) is 0 Å². The number of halogens is 1. The first kappa shape index (κ1) is 17.7. The first-order valence-corrected chi connectivity index (χ1v) is 7.86. The van der Waals surface area contributed by atoms with Crippen molar-refractivity contribution in [2.45, 2.75) is 20.3 Å². The lowest BCUT2D eigenvalue weighted by atomic mass is 10.1. The van der Waals surface area contributed by atoms with Crippen LogP contribution in [-0.2, 0) is 9.59 Å². The molecule has 2 aromatic rings. The molecule has 0 spiro atoms. The van der Waals surface area contributed by atoms with Gasteiger partial charge < -0.3 is 5.32 Å². The number of amides is 2. The Labute approximate surface area is 144 Å². The summed E-state index contributed by atoms with van der Waals surface area (Å²) in [6, 6.07) is 10.1. The Kier molecular flexibility index (Phi) is 5.76. The summed E-state index contributed by atoms with van der Waals surface area (Å²) in [5.74, 6) is -0.947. The zero-order valence-electron chi connectivity index (χ0n) is 13.4. The molecule has 1 aromatic carbocycles. The third-order valence-corrected chi connectivity index (χ3v) is 3.76. The lowest BCUT2D eigenvalue weighted by Gasteiger charge is -2.13. The Hall–Kier alpha value is -2.60. The lowest BCUT2D eigenvalue weighted by Crippen LogP contribution is -2.36.